The molecular formula is C24H34IN5O2. The van der Waals surface area contributed by atoms with E-state index in [9.17, 15) is 4.79 Å². The van der Waals surface area contributed by atoms with Gasteiger partial charge < -0.3 is 19.5 Å². The number of rotatable bonds is 5. The summed E-state index contributed by atoms with van der Waals surface area (Å²) in [6, 6.07) is 12.2. The number of likely N-dealkylation sites (tertiary alicyclic amines) is 1. The second-order valence-electron chi connectivity index (χ2n) is 8.26. The molecule has 7 nitrogen and oxygen atoms in total. The number of hydrogen-bond donors (Lipinski definition) is 1. The largest absolute Gasteiger partial charge is 0.459 e. The van der Waals surface area contributed by atoms with Crippen LogP contribution in [0, 0.1) is 0 Å². The van der Waals surface area contributed by atoms with E-state index in [2.05, 4.69) is 44.4 Å². The molecule has 1 aromatic carbocycles. The highest BCUT2D eigenvalue weighted by Gasteiger charge is 2.25. The molecule has 174 valence electrons. The van der Waals surface area contributed by atoms with Gasteiger partial charge >= 0.3 is 0 Å². The summed E-state index contributed by atoms with van der Waals surface area (Å²) in [5.74, 6) is 1.25. The van der Waals surface area contributed by atoms with Crippen molar-refractivity contribution in [3.8, 4) is 0 Å². The average molecular weight is 551 g/mol. The predicted molar refractivity (Wildman–Crippen MR) is 137 cm³/mol. The normalized spacial score (nSPS) is 17.7. The second-order valence-corrected chi connectivity index (χ2v) is 8.26. The fourth-order valence-electron chi connectivity index (χ4n) is 4.43. The Hall–Kier alpha value is -2.07. The first-order valence-electron chi connectivity index (χ1n) is 11.3. The molecule has 2 aromatic rings. The highest BCUT2D eigenvalue weighted by molar-refractivity contribution is 14.0. The molecule has 4 rings (SSSR count). The summed E-state index contributed by atoms with van der Waals surface area (Å²) >= 11 is 0. The molecule has 32 heavy (non-hydrogen) atoms. The van der Waals surface area contributed by atoms with Gasteiger partial charge in [0.15, 0.2) is 11.7 Å². The summed E-state index contributed by atoms with van der Waals surface area (Å²) in [6.45, 7) is 6.99. The van der Waals surface area contributed by atoms with E-state index < -0.39 is 0 Å². The second kappa shape index (κ2) is 12.2. The molecule has 2 saturated heterocycles. The molecular weight excluding hydrogens is 517 g/mol. The number of benzene rings is 1. The van der Waals surface area contributed by atoms with Gasteiger partial charge in [-0.15, -0.1) is 24.0 Å². The minimum absolute atomic E-state index is 0. The number of piperazine rings is 1. The Morgan fingerprint density at radius 3 is 2.28 bits per heavy atom. The number of amides is 1. The van der Waals surface area contributed by atoms with Crippen LogP contribution in [0.1, 0.15) is 40.9 Å². The van der Waals surface area contributed by atoms with Gasteiger partial charge in [-0.25, -0.2) is 0 Å². The van der Waals surface area contributed by atoms with Gasteiger partial charge in [0.1, 0.15) is 0 Å². The van der Waals surface area contributed by atoms with E-state index in [-0.39, 0.29) is 29.9 Å². The van der Waals surface area contributed by atoms with Crippen LogP contribution >= 0.6 is 24.0 Å². The van der Waals surface area contributed by atoms with Crippen LogP contribution in [0.4, 0.5) is 0 Å². The third-order valence-corrected chi connectivity index (χ3v) is 6.21. The van der Waals surface area contributed by atoms with Gasteiger partial charge in [0.2, 0.25) is 0 Å². The number of nitrogens with one attached hydrogen (secondary N) is 1. The van der Waals surface area contributed by atoms with Crippen molar-refractivity contribution in [2.75, 3.05) is 46.3 Å². The molecule has 0 unspecified atom stereocenters. The first kappa shape index (κ1) is 24.6. The summed E-state index contributed by atoms with van der Waals surface area (Å²) in [4.78, 5) is 23.6. The number of carbonyl (C=O) groups excluding carboxylic acids is 1. The van der Waals surface area contributed by atoms with Gasteiger partial charge in [-0.3, -0.25) is 14.7 Å². The van der Waals surface area contributed by atoms with Crippen LogP contribution in [-0.4, -0.2) is 72.9 Å². The molecule has 0 atom stereocenters. The zero-order valence-corrected chi connectivity index (χ0v) is 21.2. The third kappa shape index (κ3) is 6.25. The maximum Gasteiger partial charge on any atom is 0.289 e. The molecule has 0 spiro atoms. The number of piperidine rings is 1. The molecule has 2 aliphatic heterocycles. The molecule has 2 aliphatic rings. The van der Waals surface area contributed by atoms with E-state index in [0.717, 1.165) is 32.1 Å². The van der Waals surface area contributed by atoms with Crippen molar-refractivity contribution in [1.82, 2.24) is 20.0 Å². The number of guanidine groups is 1. The fraction of sp³-hybridized carbons (Fsp3) is 0.500. The van der Waals surface area contributed by atoms with Crippen molar-refractivity contribution in [3.05, 3.63) is 59.5 Å². The molecule has 0 saturated carbocycles. The third-order valence-electron chi connectivity index (χ3n) is 6.21. The summed E-state index contributed by atoms with van der Waals surface area (Å²) in [5.41, 5.74) is 2.71. The van der Waals surface area contributed by atoms with Gasteiger partial charge in [0, 0.05) is 46.3 Å². The number of hydrogen-bond acceptors (Lipinski definition) is 4. The van der Waals surface area contributed by atoms with Crippen molar-refractivity contribution in [2.45, 2.75) is 32.4 Å². The van der Waals surface area contributed by atoms with E-state index in [1.54, 1.807) is 18.4 Å². The zero-order chi connectivity index (χ0) is 21.5. The Kier molecular flexibility index (Phi) is 9.40. The van der Waals surface area contributed by atoms with Gasteiger partial charge in [-0.05, 0) is 49.2 Å². The molecule has 0 aliphatic carbocycles. The molecule has 1 aromatic heterocycles. The molecule has 0 bridgehead atoms. The summed E-state index contributed by atoms with van der Waals surface area (Å²) in [5, 5.41) is 3.54. The van der Waals surface area contributed by atoms with Crippen LogP contribution in [0.2, 0.25) is 0 Å². The lowest BCUT2D eigenvalue weighted by Crippen LogP contribution is -2.53. The Morgan fingerprint density at radius 2 is 1.62 bits per heavy atom. The van der Waals surface area contributed by atoms with Gasteiger partial charge in [0.25, 0.3) is 5.91 Å². The lowest BCUT2D eigenvalue weighted by Gasteiger charge is -2.36. The number of nitrogens with zero attached hydrogens (tertiary/aromatic N) is 4. The maximum atomic E-state index is 12.5. The van der Waals surface area contributed by atoms with Crippen LogP contribution < -0.4 is 5.32 Å². The molecule has 0 radical (unpaired) electrons. The lowest BCUT2D eigenvalue weighted by molar-refractivity contribution is 0.0657. The number of furan rings is 1. The van der Waals surface area contributed by atoms with Gasteiger partial charge in [-0.2, -0.15) is 0 Å². The van der Waals surface area contributed by atoms with Crippen LogP contribution in [-0.2, 0) is 13.1 Å². The highest BCUT2D eigenvalue weighted by Crippen LogP contribution is 2.16. The van der Waals surface area contributed by atoms with Crippen molar-refractivity contribution >= 4 is 35.8 Å². The molecule has 2 fully saturated rings. The van der Waals surface area contributed by atoms with E-state index in [0.29, 0.717) is 18.8 Å². The standard InChI is InChI=1S/C24H33N5O2.HI/c1-25-24(29-15-13-28(14-16-29)23(30)22-10-7-17-31-22)26-18-20-8-3-4-9-21(20)19-27-11-5-2-6-12-27;/h3-4,7-10,17H,2,5-6,11-16,18-19H2,1H3,(H,25,26);1H. The van der Waals surface area contributed by atoms with Crippen LogP contribution in [0.15, 0.2) is 52.1 Å². The molecule has 3 heterocycles. The minimum Gasteiger partial charge on any atom is -0.459 e. The smallest absolute Gasteiger partial charge is 0.289 e. The first-order chi connectivity index (χ1) is 15.2. The average Bonchev–Trinajstić information content (AvgIpc) is 3.36. The zero-order valence-electron chi connectivity index (χ0n) is 18.8. The molecule has 1 amide bonds. The van der Waals surface area contributed by atoms with Crippen LogP contribution in [0.25, 0.3) is 0 Å². The summed E-state index contributed by atoms with van der Waals surface area (Å²) < 4.78 is 5.25. The SMILES string of the molecule is CN=C(NCc1ccccc1CN1CCCCC1)N1CCN(C(=O)c2ccco2)CC1.I. The van der Waals surface area contributed by atoms with E-state index in [1.165, 1.54) is 43.5 Å². The number of halogens is 1. The lowest BCUT2D eigenvalue weighted by atomic mass is 10.0. The summed E-state index contributed by atoms with van der Waals surface area (Å²) in [6.07, 6.45) is 5.51. The summed E-state index contributed by atoms with van der Waals surface area (Å²) in [7, 11) is 1.82. The topological polar surface area (TPSA) is 64.3 Å². The minimum atomic E-state index is -0.0424. The van der Waals surface area contributed by atoms with E-state index in [4.69, 9.17) is 4.42 Å². The molecule has 1 N–H and O–H groups in total. The van der Waals surface area contributed by atoms with Crippen molar-refractivity contribution in [1.29, 1.82) is 0 Å². The van der Waals surface area contributed by atoms with Gasteiger partial charge in [-0.1, -0.05) is 30.7 Å². The molecule has 8 heteroatoms. The van der Waals surface area contributed by atoms with Crippen molar-refractivity contribution in [3.63, 3.8) is 0 Å². The number of aliphatic imine (C=N–C) groups is 1. The van der Waals surface area contributed by atoms with Crippen LogP contribution in [0.5, 0.6) is 0 Å². The predicted octanol–water partition coefficient (Wildman–Crippen LogP) is 3.42. The van der Waals surface area contributed by atoms with Crippen LogP contribution in [0.3, 0.4) is 0 Å². The van der Waals surface area contributed by atoms with E-state index >= 15 is 0 Å². The Labute approximate surface area is 207 Å². The number of carbonyl (C=O) groups is 1. The maximum absolute atomic E-state index is 12.5. The Bertz CT molecular complexity index is 872. The monoisotopic (exact) mass is 551 g/mol. The van der Waals surface area contributed by atoms with E-state index in [1.807, 2.05) is 11.9 Å². The van der Waals surface area contributed by atoms with Crippen molar-refractivity contribution < 1.29 is 9.21 Å². The van der Waals surface area contributed by atoms with Crippen molar-refractivity contribution in [2.24, 2.45) is 4.99 Å². The Balaban J connectivity index is 0.00000289. The quantitative estimate of drug-likeness (QED) is 0.351. The Morgan fingerprint density at radius 1 is 0.938 bits per heavy atom. The highest BCUT2D eigenvalue weighted by atomic mass is 127. The fourth-order valence-corrected chi connectivity index (χ4v) is 4.43. The first-order valence-corrected chi connectivity index (χ1v) is 11.3. The van der Waals surface area contributed by atoms with Gasteiger partial charge in [0.05, 0.1) is 6.26 Å².